The summed E-state index contributed by atoms with van der Waals surface area (Å²) in [5.74, 6) is 1.18. The van der Waals surface area contributed by atoms with Crippen molar-refractivity contribution in [1.82, 2.24) is 0 Å². The molecule has 0 saturated heterocycles. The first-order valence-corrected chi connectivity index (χ1v) is 13.9. The van der Waals surface area contributed by atoms with Gasteiger partial charge in [-0.1, -0.05) is 36.7 Å². The van der Waals surface area contributed by atoms with Gasteiger partial charge in [0.1, 0.15) is 8.42 Å². The normalized spacial score (nSPS) is 11.4. The first-order chi connectivity index (χ1) is 13.6. The fraction of sp³-hybridized carbons (Fsp3) is 0.300. The summed E-state index contributed by atoms with van der Waals surface area (Å²) in [6, 6.07) is 3.37. The van der Waals surface area contributed by atoms with Crippen LogP contribution in [0.15, 0.2) is 55.6 Å². The largest absolute Gasteiger partial charge is 0.282 e. The molecule has 0 N–H and O–H groups in total. The lowest BCUT2D eigenvalue weighted by Crippen LogP contribution is -1.98. The Labute approximate surface area is 188 Å². The minimum Gasteiger partial charge on any atom is -0.282 e. The van der Waals surface area contributed by atoms with Gasteiger partial charge in [-0.2, -0.15) is 0 Å². The van der Waals surface area contributed by atoms with Crippen LogP contribution < -0.4 is 0 Å². The molecule has 0 spiro atoms. The third kappa shape index (κ3) is 6.96. The molecule has 0 aliphatic carbocycles. The second-order valence-corrected chi connectivity index (χ2v) is 12.7. The Hall–Kier alpha value is -1.13. The van der Waals surface area contributed by atoms with Crippen LogP contribution in [0.3, 0.4) is 0 Å². The van der Waals surface area contributed by atoms with Gasteiger partial charge in [0, 0.05) is 11.5 Å². The number of hydrogen-bond acceptors (Lipinski definition) is 8. The Kier molecular flexibility index (Phi) is 8.96. The van der Waals surface area contributed by atoms with Gasteiger partial charge in [0.15, 0.2) is 0 Å². The molecule has 0 aliphatic heterocycles. The van der Waals surface area contributed by atoms with Crippen molar-refractivity contribution < 1.29 is 18.0 Å². The number of sulfone groups is 1. The zero-order valence-electron chi connectivity index (χ0n) is 16.2. The molecular weight excluding hydrogens is 465 g/mol. The third-order valence-corrected chi connectivity index (χ3v) is 10.5. The van der Waals surface area contributed by atoms with Crippen molar-refractivity contribution in [2.45, 2.75) is 35.1 Å². The molecule has 2 aromatic heterocycles. The Morgan fingerprint density at radius 2 is 1.24 bits per heavy atom. The van der Waals surface area contributed by atoms with Crippen LogP contribution in [0.2, 0.25) is 0 Å². The molecule has 0 aliphatic rings. The van der Waals surface area contributed by atoms with Gasteiger partial charge in [0.25, 0.3) is 0 Å². The van der Waals surface area contributed by atoms with Crippen molar-refractivity contribution in [1.29, 1.82) is 0 Å². The molecule has 156 valence electrons. The van der Waals surface area contributed by atoms with E-state index in [9.17, 15) is 18.0 Å². The van der Waals surface area contributed by atoms with Gasteiger partial charge in [0.05, 0.1) is 0 Å². The topological polar surface area (TPSA) is 68.3 Å². The monoisotopic (exact) mass is 486 g/mol. The Morgan fingerprint density at radius 1 is 0.862 bits per heavy atom. The van der Waals surface area contributed by atoms with Gasteiger partial charge >= 0.3 is 0 Å². The molecule has 2 heterocycles. The summed E-state index contributed by atoms with van der Waals surface area (Å²) >= 11 is 4.79. The number of carbonyl (C=O) groups excluding carboxylic acids is 2. The van der Waals surface area contributed by atoms with E-state index in [-0.39, 0.29) is 10.2 Å². The highest BCUT2D eigenvalue weighted by molar-refractivity contribution is 8.14. The first-order valence-electron chi connectivity index (χ1n) is 8.66. The number of hydrogen-bond donors (Lipinski definition) is 0. The number of thiophene rings is 2. The molecule has 0 unspecified atom stereocenters. The van der Waals surface area contributed by atoms with Gasteiger partial charge in [0.2, 0.25) is 20.1 Å². The summed E-state index contributed by atoms with van der Waals surface area (Å²) in [6.07, 6.45) is 1.25. The second-order valence-electron chi connectivity index (χ2n) is 6.38. The maximum Gasteiger partial charge on any atom is 0.225 e. The van der Waals surface area contributed by atoms with Crippen LogP contribution in [0.1, 0.15) is 25.0 Å². The van der Waals surface area contributed by atoms with Crippen molar-refractivity contribution in [2.24, 2.45) is 0 Å². The molecule has 0 radical (unpaired) electrons. The molecule has 29 heavy (non-hydrogen) atoms. The van der Waals surface area contributed by atoms with Gasteiger partial charge in [-0.15, -0.1) is 22.7 Å². The summed E-state index contributed by atoms with van der Waals surface area (Å²) in [6.45, 7) is 10.6. The van der Waals surface area contributed by atoms with E-state index in [0.717, 1.165) is 11.1 Å². The predicted molar refractivity (Wildman–Crippen MR) is 126 cm³/mol. The zero-order valence-corrected chi connectivity index (χ0v) is 20.3. The van der Waals surface area contributed by atoms with E-state index in [1.807, 2.05) is 10.8 Å². The highest BCUT2D eigenvalue weighted by Crippen LogP contribution is 2.32. The minimum absolute atomic E-state index is 0.0395. The summed E-state index contributed by atoms with van der Waals surface area (Å²) in [7, 11) is -3.55. The summed E-state index contributed by atoms with van der Waals surface area (Å²) in [5, 5.41) is 3.57. The lowest BCUT2D eigenvalue weighted by molar-refractivity contribution is -0.108. The number of aryl methyl sites for hydroxylation is 2. The number of carbonyl (C=O) groups is 2. The van der Waals surface area contributed by atoms with Crippen LogP contribution in [-0.2, 0) is 32.3 Å². The van der Waals surface area contributed by atoms with Gasteiger partial charge in [-0.3, -0.25) is 9.59 Å². The fourth-order valence-electron chi connectivity index (χ4n) is 2.12. The first kappa shape index (κ1) is 24.1. The van der Waals surface area contributed by atoms with Crippen LogP contribution in [-0.4, -0.2) is 30.2 Å². The number of thioether (sulfide) groups is 2. The van der Waals surface area contributed by atoms with Crippen molar-refractivity contribution in [3.63, 3.8) is 0 Å². The van der Waals surface area contributed by atoms with Gasteiger partial charge in [-0.05, 0) is 71.9 Å². The summed E-state index contributed by atoms with van der Waals surface area (Å²) in [5.41, 5.74) is 2.84. The molecule has 0 amide bonds. The molecule has 2 aromatic rings. The molecule has 2 rings (SSSR count). The Balaban J connectivity index is 1.97. The summed E-state index contributed by atoms with van der Waals surface area (Å²) < 4.78 is 26.4. The molecule has 0 atom stereocenters. The van der Waals surface area contributed by atoms with Crippen LogP contribution >= 0.6 is 46.2 Å². The molecule has 0 bridgehead atoms. The maximum atomic E-state index is 12.9. The van der Waals surface area contributed by atoms with Crippen LogP contribution in [0.4, 0.5) is 0 Å². The fourth-order valence-corrected chi connectivity index (χ4v) is 7.81. The molecule has 0 saturated carbocycles. The zero-order chi connectivity index (χ0) is 21.6. The van der Waals surface area contributed by atoms with Gasteiger partial charge < -0.3 is 0 Å². The van der Waals surface area contributed by atoms with E-state index >= 15 is 0 Å². The van der Waals surface area contributed by atoms with E-state index in [2.05, 4.69) is 13.2 Å². The second kappa shape index (κ2) is 10.8. The van der Waals surface area contributed by atoms with Crippen LogP contribution in [0, 0.1) is 0 Å². The van der Waals surface area contributed by atoms with Crippen LogP contribution in [0.25, 0.3) is 0 Å². The average Bonchev–Trinajstić information content (AvgIpc) is 3.31. The van der Waals surface area contributed by atoms with E-state index in [1.165, 1.54) is 46.2 Å². The highest BCUT2D eigenvalue weighted by Gasteiger charge is 2.22. The minimum atomic E-state index is -3.55. The molecule has 9 heteroatoms. The van der Waals surface area contributed by atoms with Gasteiger partial charge in [-0.25, -0.2) is 8.42 Å². The van der Waals surface area contributed by atoms with Crippen molar-refractivity contribution >= 4 is 66.3 Å². The number of rotatable bonds is 10. The SMILES string of the molecule is C=C(C)C(=O)SCCc1csc(S(=O)(=O)c2cc(CCSC(=O)C(=C)C)cs2)c1. The Morgan fingerprint density at radius 3 is 1.59 bits per heavy atom. The maximum absolute atomic E-state index is 12.9. The molecule has 0 fully saturated rings. The standard InChI is InChI=1S/C20H22O4S5/c1-13(2)19(21)25-7-5-15-9-17(27-11-15)29(23,24)18-10-16(12-28-18)6-8-26-20(22)14(3)4/h9-12H,1,3,5-8H2,2,4H3. The van der Waals surface area contributed by atoms with E-state index < -0.39 is 9.84 Å². The smallest absolute Gasteiger partial charge is 0.225 e. The van der Waals surface area contributed by atoms with Crippen molar-refractivity contribution in [2.75, 3.05) is 11.5 Å². The predicted octanol–water partition coefficient (Wildman–Crippen LogP) is 5.40. The van der Waals surface area contributed by atoms with E-state index in [4.69, 9.17) is 0 Å². The average molecular weight is 487 g/mol. The van der Waals surface area contributed by atoms with Crippen molar-refractivity contribution in [3.05, 3.63) is 58.3 Å². The Bertz CT molecular complexity index is 951. The van der Waals surface area contributed by atoms with E-state index in [0.29, 0.717) is 43.9 Å². The lowest BCUT2D eigenvalue weighted by atomic mass is 10.3. The van der Waals surface area contributed by atoms with E-state index in [1.54, 1.807) is 26.0 Å². The summed E-state index contributed by atoms with van der Waals surface area (Å²) in [4.78, 5) is 23.2. The van der Waals surface area contributed by atoms with Crippen molar-refractivity contribution in [3.8, 4) is 0 Å². The molecular formula is C20H22O4S5. The van der Waals surface area contributed by atoms with Crippen LogP contribution in [0.5, 0.6) is 0 Å². The molecule has 0 aromatic carbocycles. The third-order valence-electron chi connectivity index (χ3n) is 3.73. The quantitative estimate of drug-likeness (QED) is 0.419. The highest BCUT2D eigenvalue weighted by atomic mass is 32.3. The lowest BCUT2D eigenvalue weighted by Gasteiger charge is -1.99. The molecule has 4 nitrogen and oxygen atoms in total.